The number of fused-ring (bicyclic) bond motifs is 1. The molecule has 2 heterocycles. The molecule has 9 heteroatoms. The van der Waals surface area contributed by atoms with Crippen molar-refractivity contribution >= 4 is 16.1 Å². The first kappa shape index (κ1) is 22.3. The summed E-state index contributed by atoms with van der Waals surface area (Å²) < 4.78 is 32.3. The molecule has 0 N–H and O–H groups in total. The molecule has 1 amide bonds. The quantitative estimate of drug-likeness (QED) is 0.722. The summed E-state index contributed by atoms with van der Waals surface area (Å²) in [5, 5.41) is 4.21. The second kappa shape index (κ2) is 8.39. The summed E-state index contributed by atoms with van der Waals surface area (Å²) in [6.45, 7) is 7.77. The molecule has 8 nitrogen and oxygen atoms in total. The zero-order valence-electron chi connectivity index (χ0n) is 18.3. The van der Waals surface area contributed by atoms with E-state index in [2.05, 4.69) is 31.9 Å². The van der Waals surface area contributed by atoms with Gasteiger partial charge < -0.3 is 9.64 Å². The largest absolute Gasteiger partial charge is 0.491 e. The summed E-state index contributed by atoms with van der Waals surface area (Å²) in [4.78, 5) is 14.4. The number of carbonyl (C=O) groups is 1. The standard InChI is InChI=1S/C21H30N4O4S/c1-21(2,3)17-8-6-7-9-19(17)29-13-12-23(4)20(26)25-18-10-11-24(30(5,27)28)15-16(18)14-22-25/h6-9,14H,10-13,15H2,1-5H3. The van der Waals surface area contributed by atoms with Gasteiger partial charge in [-0.2, -0.15) is 14.1 Å². The molecule has 30 heavy (non-hydrogen) atoms. The van der Waals surface area contributed by atoms with Crippen molar-refractivity contribution in [1.82, 2.24) is 19.0 Å². The summed E-state index contributed by atoms with van der Waals surface area (Å²) in [7, 11) is -1.55. The van der Waals surface area contributed by atoms with E-state index >= 15 is 0 Å². The fourth-order valence-corrected chi connectivity index (χ4v) is 4.31. The lowest BCUT2D eigenvalue weighted by Gasteiger charge is -2.26. The number of amides is 1. The first-order valence-electron chi connectivity index (χ1n) is 9.97. The summed E-state index contributed by atoms with van der Waals surface area (Å²) in [5.74, 6) is 0.822. The third-order valence-corrected chi connectivity index (χ3v) is 6.51. The minimum atomic E-state index is -3.26. The molecule has 1 aromatic heterocycles. The highest BCUT2D eigenvalue weighted by Gasteiger charge is 2.28. The van der Waals surface area contributed by atoms with E-state index in [0.29, 0.717) is 26.1 Å². The number of hydrogen-bond acceptors (Lipinski definition) is 5. The molecule has 0 saturated carbocycles. The Bertz CT molecular complexity index is 1020. The van der Waals surface area contributed by atoms with Crippen LogP contribution in [0, 0.1) is 0 Å². The predicted molar refractivity (Wildman–Crippen MR) is 115 cm³/mol. The molecule has 3 rings (SSSR count). The van der Waals surface area contributed by atoms with Crippen molar-refractivity contribution in [3.63, 3.8) is 0 Å². The van der Waals surface area contributed by atoms with E-state index in [0.717, 1.165) is 22.6 Å². The SMILES string of the molecule is CN(CCOc1ccccc1C(C)(C)C)C(=O)n1ncc2c1CCN(S(C)(=O)=O)C2. The lowest BCUT2D eigenvalue weighted by Crippen LogP contribution is -2.39. The zero-order chi connectivity index (χ0) is 22.1. The van der Waals surface area contributed by atoms with Gasteiger partial charge in [0.05, 0.1) is 24.7 Å². The van der Waals surface area contributed by atoms with Gasteiger partial charge in [0.1, 0.15) is 12.4 Å². The fourth-order valence-electron chi connectivity index (χ4n) is 3.52. The molecule has 164 valence electrons. The molecule has 0 aliphatic carbocycles. The van der Waals surface area contributed by atoms with Crippen LogP contribution in [0.5, 0.6) is 5.75 Å². The number of rotatable bonds is 5. The van der Waals surface area contributed by atoms with E-state index < -0.39 is 10.0 Å². The lowest BCUT2D eigenvalue weighted by atomic mass is 9.86. The topological polar surface area (TPSA) is 84.7 Å². The van der Waals surface area contributed by atoms with Crippen molar-refractivity contribution < 1.29 is 17.9 Å². The van der Waals surface area contributed by atoms with Gasteiger partial charge in [-0.15, -0.1) is 0 Å². The van der Waals surface area contributed by atoms with E-state index in [1.54, 1.807) is 18.1 Å². The van der Waals surface area contributed by atoms with E-state index in [4.69, 9.17) is 4.74 Å². The molecular weight excluding hydrogens is 404 g/mol. The van der Waals surface area contributed by atoms with Gasteiger partial charge in [-0.25, -0.2) is 13.2 Å². The van der Waals surface area contributed by atoms with Crippen LogP contribution in [0.25, 0.3) is 0 Å². The molecule has 0 fully saturated rings. The first-order chi connectivity index (χ1) is 14.0. The van der Waals surface area contributed by atoms with Gasteiger partial charge in [0.25, 0.3) is 0 Å². The van der Waals surface area contributed by atoms with Crippen molar-refractivity contribution in [2.24, 2.45) is 0 Å². The van der Waals surface area contributed by atoms with Gasteiger partial charge in [-0.3, -0.25) is 0 Å². The molecule has 1 aliphatic rings. The van der Waals surface area contributed by atoms with Crippen molar-refractivity contribution in [2.45, 2.75) is 39.2 Å². The van der Waals surface area contributed by atoms with E-state index in [-0.39, 0.29) is 18.0 Å². The minimum Gasteiger partial charge on any atom is -0.491 e. The molecule has 0 saturated heterocycles. The van der Waals surface area contributed by atoms with Crippen LogP contribution in [0.4, 0.5) is 4.79 Å². The number of sulfonamides is 1. The van der Waals surface area contributed by atoms with Crippen LogP contribution in [0.3, 0.4) is 0 Å². The molecule has 1 aromatic carbocycles. The summed E-state index contributed by atoms with van der Waals surface area (Å²) in [6, 6.07) is 7.68. The van der Waals surface area contributed by atoms with Gasteiger partial charge in [0, 0.05) is 32.1 Å². The molecule has 0 atom stereocenters. The molecule has 0 bridgehead atoms. The Morgan fingerprint density at radius 3 is 2.63 bits per heavy atom. The second-order valence-electron chi connectivity index (χ2n) is 8.67. The number of aromatic nitrogens is 2. The molecule has 0 spiro atoms. The lowest BCUT2D eigenvalue weighted by molar-refractivity contribution is 0.192. The highest BCUT2D eigenvalue weighted by molar-refractivity contribution is 7.88. The Labute approximate surface area is 178 Å². The van der Waals surface area contributed by atoms with E-state index in [1.807, 2.05) is 18.2 Å². The Morgan fingerprint density at radius 1 is 1.27 bits per heavy atom. The normalized spacial score (nSPS) is 15.0. The Kier molecular flexibility index (Phi) is 6.24. The number of likely N-dealkylation sites (N-methyl/N-ethyl adjacent to an activating group) is 1. The monoisotopic (exact) mass is 434 g/mol. The number of nitrogens with zero attached hydrogens (tertiary/aromatic N) is 4. The van der Waals surface area contributed by atoms with Crippen LogP contribution >= 0.6 is 0 Å². The van der Waals surface area contributed by atoms with Gasteiger partial charge in [0.15, 0.2) is 0 Å². The molecule has 2 aromatic rings. The predicted octanol–water partition coefficient (Wildman–Crippen LogP) is 2.48. The summed E-state index contributed by atoms with van der Waals surface area (Å²) in [5.41, 5.74) is 2.62. The van der Waals surface area contributed by atoms with Crippen molar-refractivity contribution in [2.75, 3.05) is 33.0 Å². The molecule has 0 radical (unpaired) electrons. The number of hydrogen-bond donors (Lipinski definition) is 0. The van der Waals surface area contributed by atoms with Gasteiger partial charge in [-0.05, 0) is 17.0 Å². The molecule has 1 aliphatic heterocycles. The highest BCUT2D eigenvalue weighted by atomic mass is 32.2. The maximum atomic E-state index is 12.9. The average Bonchev–Trinajstić information content (AvgIpc) is 3.09. The second-order valence-corrected chi connectivity index (χ2v) is 10.7. The van der Waals surface area contributed by atoms with Gasteiger partial charge in [-0.1, -0.05) is 39.0 Å². The van der Waals surface area contributed by atoms with E-state index in [1.165, 1.54) is 15.2 Å². The number of para-hydroxylation sites is 1. The van der Waals surface area contributed by atoms with Crippen molar-refractivity contribution in [1.29, 1.82) is 0 Å². The average molecular weight is 435 g/mol. The number of carbonyl (C=O) groups excluding carboxylic acids is 1. The van der Waals surface area contributed by atoms with Crippen molar-refractivity contribution in [3.05, 3.63) is 47.3 Å². The summed E-state index contributed by atoms with van der Waals surface area (Å²) in [6.07, 6.45) is 3.23. The van der Waals surface area contributed by atoms with E-state index in [9.17, 15) is 13.2 Å². The zero-order valence-corrected chi connectivity index (χ0v) is 19.1. The Morgan fingerprint density at radius 2 is 1.97 bits per heavy atom. The number of ether oxygens (including phenoxy) is 1. The highest BCUT2D eigenvalue weighted by Crippen LogP contribution is 2.30. The third-order valence-electron chi connectivity index (χ3n) is 5.26. The van der Waals surface area contributed by atoms with Gasteiger partial charge >= 0.3 is 6.03 Å². The van der Waals surface area contributed by atoms with Crippen LogP contribution < -0.4 is 4.74 Å². The maximum absolute atomic E-state index is 12.9. The third kappa shape index (κ3) is 4.84. The van der Waals surface area contributed by atoms with Gasteiger partial charge in [0.2, 0.25) is 10.0 Å². The van der Waals surface area contributed by atoms with Crippen LogP contribution in [0.1, 0.15) is 37.6 Å². The fraction of sp³-hybridized carbons (Fsp3) is 0.524. The smallest absolute Gasteiger partial charge is 0.344 e. The Hall–Kier alpha value is -2.39. The van der Waals surface area contributed by atoms with Crippen LogP contribution in [-0.4, -0.2) is 66.4 Å². The summed E-state index contributed by atoms with van der Waals surface area (Å²) >= 11 is 0. The number of benzene rings is 1. The van der Waals surface area contributed by atoms with Crippen LogP contribution in [0.2, 0.25) is 0 Å². The maximum Gasteiger partial charge on any atom is 0.344 e. The van der Waals surface area contributed by atoms with Crippen LogP contribution in [-0.2, 0) is 28.4 Å². The van der Waals surface area contributed by atoms with Crippen LogP contribution in [0.15, 0.2) is 30.5 Å². The van der Waals surface area contributed by atoms with Crippen molar-refractivity contribution in [3.8, 4) is 5.75 Å². The molecule has 0 unspecified atom stereocenters. The minimum absolute atomic E-state index is 0.0354. The Balaban J connectivity index is 1.63. The first-order valence-corrected chi connectivity index (χ1v) is 11.8. The molecular formula is C21H30N4O4S.